The molecular weight excluding hydrogens is 332 g/mol. The Kier molecular flexibility index (Phi) is 6.45. The van der Waals surface area contributed by atoms with E-state index in [1.54, 1.807) is 24.3 Å². The molecule has 2 aromatic carbocycles. The lowest BCUT2D eigenvalue weighted by Crippen LogP contribution is -2.43. The van der Waals surface area contributed by atoms with Gasteiger partial charge in [0, 0.05) is 12.5 Å². The Morgan fingerprint density at radius 1 is 1.04 bits per heavy atom. The highest BCUT2D eigenvalue weighted by molar-refractivity contribution is 5.81. The van der Waals surface area contributed by atoms with Crippen molar-refractivity contribution < 1.29 is 27.8 Å². The summed E-state index contributed by atoms with van der Waals surface area (Å²) < 4.78 is 36.2. The van der Waals surface area contributed by atoms with Gasteiger partial charge in [-0.25, -0.2) is 18.4 Å². The van der Waals surface area contributed by atoms with Crippen molar-refractivity contribution in [1.82, 2.24) is 5.32 Å². The SMILES string of the molecule is COC(=O)[C@H](Cc1cc(F)cc(F)c1)NC(=O)OCc1ccccc1. The first-order valence-electron chi connectivity index (χ1n) is 7.48. The van der Waals surface area contributed by atoms with Gasteiger partial charge in [-0.1, -0.05) is 30.3 Å². The molecule has 0 radical (unpaired) electrons. The Bertz CT molecular complexity index is 717. The summed E-state index contributed by atoms with van der Waals surface area (Å²) in [6.45, 7) is 0.0230. The minimum Gasteiger partial charge on any atom is -0.467 e. The molecular formula is C18H17F2NO4. The lowest BCUT2D eigenvalue weighted by atomic mass is 10.1. The second kappa shape index (κ2) is 8.77. The van der Waals surface area contributed by atoms with Crippen LogP contribution in [0.25, 0.3) is 0 Å². The van der Waals surface area contributed by atoms with Crippen LogP contribution in [-0.4, -0.2) is 25.2 Å². The average molecular weight is 349 g/mol. The summed E-state index contributed by atoms with van der Waals surface area (Å²) in [5.74, 6) is -2.29. The smallest absolute Gasteiger partial charge is 0.408 e. The molecule has 1 N–H and O–H groups in total. The molecule has 5 nitrogen and oxygen atoms in total. The van der Waals surface area contributed by atoms with Gasteiger partial charge in [-0.3, -0.25) is 0 Å². The predicted octanol–water partition coefficient (Wildman–Crippen LogP) is 2.98. The molecule has 0 aliphatic heterocycles. The minimum atomic E-state index is -1.13. The monoisotopic (exact) mass is 349 g/mol. The summed E-state index contributed by atoms with van der Waals surface area (Å²) in [4.78, 5) is 23.7. The van der Waals surface area contributed by atoms with E-state index in [0.29, 0.717) is 0 Å². The van der Waals surface area contributed by atoms with Gasteiger partial charge in [-0.2, -0.15) is 0 Å². The molecule has 0 spiro atoms. The number of rotatable bonds is 6. The van der Waals surface area contributed by atoms with Crippen LogP contribution in [0.5, 0.6) is 0 Å². The number of nitrogens with one attached hydrogen (secondary N) is 1. The zero-order valence-corrected chi connectivity index (χ0v) is 13.5. The molecule has 0 fully saturated rings. The first kappa shape index (κ1) is 18.4. The second-order valence-corrected chi connectivity index (χ2v) is 5.26. The van der Waals surface area contributed by atoms with Crippen LogP contribution in [0.4, 0.5) is 13.6 Å². The number of carbonyl (C=O) groups is 2. The Hall–Kier alpha value is -2.96. The summed E-state index contributed by atoms with van der Waals surface area (Å²) in [6.07, 6.45) is -0.974. The number of hydrogen-bond acceptors (Lipinski definition) is 4. The van der Waals surface area contributed by atoms with Crippen molar-refractivity contribution in [3.05, 3.63) is 71.3 Å². The number of ether oxygens (including phenoxy) is 2. The second-order valence-electron chi connectivity index (χ2n) is 5.26. The first-order chi connectivity index (χ1) is 12.0. The van der Waals surface area contributed by atoms with Gasteiger partial charge in [-0.05, 0) is 23.3 Å². The number of alkyl carbamates (subject to hydrolysis) is 1. The molecule has 0 heterocycles. The van der Waals surface area contributed by atoms with Crippen molar-refractivity contribution in [2.75, 3.05) is 7.11 Å². The highest BCUT2D eigenvalue weighted by Gasteiger charge is 2.23. The molecule has 0 aliphatic carbocycles. The third kappa shape index (κ3) is 5.87. The summed E-state index contributed by atoms with van der Waals surface area (Å²) in [5.41, 5.74) is 0.982. The van der Waals surface area contributed by atoms with Crippen LogP contribution < -0.4 is 5.32 Å². The van der Waals surface area contributed by atoms with Gasteiger partial charge < -0.3 is 14.8 Å². The quantitative estimate of drug-likeness (QED) is 0.815. The maximum absolute atomic E-state index is 13.3. The van der Waals surface area contributed by atoms with E-state index >= 15 is 0 Å². The molecule has 0 unspecified atom stereocenters. The predicted molar refractivity (Wildman–Crippen MR) is 85.6 cm³/mol. The van der Waals surface area contributed by atoms with Crippen molar-refractivity contribution in [2.24, 2.45) is 0 Å². The fourth-order valence-corrected chi connectivity index (χ4v) is 2.21. The fraction of sp³-hybridized carbons (Fsp3) is 0.222. The van der Waals surface area contributed by atoms with E-state index in [2.05, 4.69) is 10.1 Å². The van der Waals surface area contributed by atoms with E-state index in [1.807, 2.05) is 6.07 Å². The molecule has 1 atom stereocenters. The summed E-state index contributed by atoms with van der Waals surface area (Å²) in [7, 11) is 1.15. The highest BCUT2D eigenvalue weighted by Crippen LogP contribution is 2.11. The Morgan fingerprint density at radius 3 is 2.28 bits per heavy atom. The van der Waals surface area contributed by atoms with Gasteiger partial charge in [0.2, 0.25) is 0 Å². The third-order valence-electron chi connectivity index (χ3n) is 3.35. The van der Waals surface area contributed by atoms with Gasteiger partial charge in [0.15, 0.2) is 0 Å². The number of hydrogen-bond donors (Lipinski definition) is 1. The Labute approximate surface area is 143 Å². The maximum atomic E-state index is 13.3. The van der Waals surface area contributed by atoms with Crippen LogP contribution in [0.2, 0.25) is 0 Å². The zero-order valence-electron chi connectivity index (χ0n) is 13.5. The minimum absolute atomic E-state index is 0.0230. The number of esters is 1. The maximum Gasteiger partial charge on any atom is 0.408 e. The fourth-order valence-electron chi connectivity index (χ4n) is 2.21. The van der Waals surface area contributed by atoms with Crippen molar-refractivity contribution in [1.29, 1.82) is 0 Å². The van der Waals surface area contributed by atoms with E-state index in [-0.39, 0.29) is 18.6 Å². The van der Waals surface area contributed by atoms with Crippen molar-refractivity contribution in [2.45, 2.75) is 19.1 Å². The first-order valence-corrected chi connectivity index (χ1v) is 7.48. The lowest BCUT2D eigenvalue weighted by molar-refractivity contribution is -0.143. The normalized spacial score (nSPS) is 11.5. The molecule has 0 saturated carbocycles. The van der Waals surface area contributed by atoms with Crippen molar-refractivity contribution in [3.8, 4) is 0 Å². The van der Waals surface area contributed by atoms with Crippen LogP contribution in [-0.2, 0) is 27.3 Å². The zero-order chi connectivity index (χ0) is 18.2. The molecule has 25 heavy (non-hydrogen) atoms. The number of carbonyl (C=O) groups excluding carboxylic acids is 2. The van der Waals surface area contributed by atoms with E-state index in [0.717, 1.165) is 30.9 Å². The Balaban J connectivity index is 1.99. The van der Waals surface area contributed by atoms with Crippen LogP contribution in [0.3, 0.4) is 0 Å². The van der Waals surface area contributed by atoms with E-state index in [4.69, 9.17) is 4.74 Å². The van der Waals surface area contributed by atoms with Crippen LogP contribution in [0, 0.1) is 11.6 Å². The third-order valence-corrected chi connectivity index (χ3v) is 3.35. The van der Waals surface area contributed by atoms with Crippen molar-refractivity contribution >= 4 is 12.1 Å². The molecule has 1 amide bonds. The van der Waals surface area contributed by atoms with Gasteiger partial charge >= 0.3 is 12.1 Å². The number of halogens is 2. The molecule has 2 aromatic rings. The van der Waals surface area contributed by atoms with Crippen LogP contribution in [0.1, 0.15) is 11.1 Å². The highest BCUT2D eigenvalue weighted by atomic mass is 19.1. The topological polar surface area (TPSA) is 64.6 Å². The summed E-state index contributed by atoms with van der Waals surface area (Å²) in [6, 6.07) is 10.7. The largest absolute Gasteiger partial charge is 0.467 e. The van der Waals surface area contributed by atoms with E-state index in [1.165, 1.54) is 0 Å². The Morgan fingerprint density at radius 2 is 1.68 bits per heavy atom. The molecule has 0 saturated heterocycles. The van der Waals surface area contributed by atoms with Crippen LogP contribution in [0.15, 0.2) is 48.5 Å². The molecule has 7 heteroatoms. The van der Waals surface area contributed by atoms with Crippen LogP contribution >= 0.6 is 0 Å². The van der Waals surface area contributed by atoms with Gasteiger partial charge in [0.05, 0.1) is 7.11 Å². The number of methoxy groups -OCH3 is 1. The molecule has 0 bridgehead atoms. The van der Waals surface area contributed by atoms with Gasteiger partial charge in [-0.15, -0.1) is 0 Å². The standard InChI is InChI=1S/C18H17F2NO4/c1-24-17(22)16(9-13-7-14(19)10-15(20)8-13)21-18(23)25-11-12-5-3-2-4-6-12/h2-8,10,16H,9,11H2,1H3,(H,21,23)/t16-/m0/s1. The molecule has 0 aromatic heterocycles. The number of benzene rings is 2. The molecule has 2 rings (SSSR count). The molecule has 0 aliphatic rings. The van der Waals surface area contributed by atoms with Crippen molar-refractivity contribution in [3.63, 3.8) is 0 Å². The summed E-state index contributed by atoms with van der Waals surface area (Å²) >= 11 is 0. The molecule has 132 valence electrons. The van der Waals surface area contributed by atoms with E-state index < -0.39 is 29.7 Å². The lowest BCUT2D eigenvalue weighted by Gasteiger charge is -2.16. The van der Waals surface area contributed by atoms with Gasteiger partial charge in [0.25, 0.3) is 0 Å². The number of amides is 1. The van der Waals surface area contributed by atoms with Gasteiger partial charge in [0.1, 0.15) is 24.3 Å². The van der Waals surface area contributed by atoms with E-state index in [9.17, 15) is 18.4 Å². The summed E-state index contributed by atoms with van der Waals surface area (Å²) in [5, 5.41) is 2.34. The average Bonchev–Trinajstić information content (AvgIpc) is 2.58.